The van der Waals surface area contributed by atoms with Gasteiger partial charge in [-0.05, 0) is 40.5 Å². The number of carboxylic acids is 1. The van der Waals surface area contributed by atoms with Gasteiger partial charge in [0.05, 0.1) is 5.41 Å². The summed E-state index contributed by atoms with van der Waals surface area (Å²) in [5, 5.41) is 13.2. The fourth-order valence-electron chi connectivity index (χ4n) is 4.58. The summed E-state index contributed by atoms with van der Waals surface area (Å²) in [4.78, 5) is 25.8. The molecule has 0 unspecified atom stereocenters. The Morgan fingerprint density at radius 1 is 0.806 bits per heavy atom. The van der Waals surface area contributed by atoms with Crippen LogP contribution < -0.4 is 5.32 Å². The van der Waals surface area contributed by atoms with E-state index >= 15 is 0 Å². The molecule has 0 heterocycles. The van der Waals surface area contributed by atoms with Gasteiger partial charge < -0.3 is 10.4 Å². The first kappa shape index (κ1) is 25.7. The van der Waals surface area contributed by atoms with Gasteiger partial charge in [0, 0.05) is 22.3 Å². The first-order valence-electron chi connectivity index (χ1n) is 11.5. The number of carboxylic acid groups (broad SMARTS) is 1. The van der Waals surface area contributed by atoms with Crippen LogP contribution in [0.5, 0.6) is 0 Å². The van der Waals surface area contributed by atoms with Gasteiger partial charge >= 0.3 is 5.97 Å². The topological polar surface area (TPSA) is 66.4 Å². The molecule has 0 fully saturated rings. The number of halogens is 2. The molecule has 1 atom stereocenters. The second-order valence-corrected chi connectivity index (χ2v) is 9.87. The summed E-state index contributed by atoms with van der Waals surface area (Å²) < 4.78 is 0.736. The number of amides is 1. The summed E-state index contributed by atoms with van der Waals surface area (Å²) in [5.41, 5.74) is 2.73. The third-order valence-corrected chi connectivity index (χ3v) is 7.30. The van der Waals surface area contributed by atoms with Crippen molar-refractivity contribution >= 4 is 39.4 Å². The van der Waals surface area contributed by atoms with E-state index in [1.165, 1.54) is 0 Å². The fourth-order valence-corrected chi connectivity index (χ4v) is 5.18. The zero-order chi connectivity index (χ0) is 25.5. The first-order chi connectivity index (χ1) is 17.4. The van der Waals surface area contributed by atoms with Gasteiger partial charge in [-0.25, -0.2) is 4.79 Å². The van der Waals surface area contributed by atoms with E-state index in [0.29, 0.717) is 10.6 Å². The second kappa shape index (κ2) is 11.5. The Kier molecular flexibility index (Phi) is 8.24. The van der Waals surface area contributed by atoms with Crippen molar-refractivity contribution in [1.29, 1.82) is 0 Å². The summed E-state index contributed by atoms with van der Waals surface area (Å²) in [6.45, 7) is 0. The van der Waals surface area contributed by atoms with Crippen LogP contribution in [0.2, 0.25) is 5.02 Å². The van der Waals surface area contributed by atoms with Crippen molar-refractivity contribution in [2.45, 2.75) is 24.3 Å². The standard InChI is InChI=1S/C30H25BrClNO3/c31-26-17-16-25(32)18-21(26)19-27(29(35)36)33-28(34)20-30(22-10-4-1-5-11-22,23-12-6-2-7-13-23)24-14-8-3-9-15-24/h1-18,27H,19-20H2,(H,33,34)(H,35,36)/t27-/m1/s1. The molecule has 0 aliphatic heterocycles. The minimum absolute atomic E-state index is 0.0333. The van der Waals surface area contributed by atoms with Crippen LogP contribution in [0.4, 0.5) is 0 Å². The zero-order valence-electron chi connectivity index (χ0n) is 19.4. The van der Waals surface area contributed by atoms with Gasteiger partial charge in [0.25, 0.3) is 0 Å². The van der Waals surface area contributed by atoms with Crippen LogP contribution in [-0.2, 0) is 21.4 Å². The highest BCUT2D eigenvalue weighted by Gasteiger charge is 2.39. The minimum atomic E-state index is -1.12. The molecule has 0 saturated carbocycles. The molecule has 0 aromatic heterocycles. The number of hydrogen-bond acceptors (Lipinski definition) is 2. The molecule has 36 heavy (non-hydrogen) atoms. The van der Waals surface area contributed by atoms with E-state index in [1.807, 2.05) is 91.0 Å². The van der Waals surface area contributed by atoms with Gasteiger partial charge in [-0.2, -0.15) is 0 Å². The van der Waals surface area contributed by atoms with Crippen LogP contribution in [0.1, 0.15) is 28.7 Å². The van der Waals surface area contributed by atoms with Gasteiger partial charge in [0.15, 0.2) is 0 Å². The van der Waals surface area contributed by atoms with E-state index in [0.717, 1.165) is 21.2 Å². The van der Waals surface area contributed by atoms with Crippen LogP contribution >= 0.6 is 27.5 Å². The molecule has 4 rings (SSSR count). The lowest BCUT2D eigenvalue weighted by atomic mass is 9.67. The third kappa shape index (κ3) is 5.69. The molecule has 2 N–H and O–H groups in total. The zero-order valence-corrected chi connectivity index (χ0v) is 21.7. The highest BCUT2D eigenvalue weighted by Crippen LogP contribution is 2.42. The third-order valence-electron chi connectivity index (χ3n) is 6.29. The van der Waals surface area contributed by atoms with Gasteiger partial charge in [-0.15, -0.1) is 0 Å². The molecule has 0 radical (unpaired) electrons. The Balaban J connectivity index is 1.73. The Labute approximate surface area is 224 Å². The van der Waals surface area contributed by atoms with Crippen molar-refractivity contribution in [2.75, 3.05) is 0 Å². The molecule has 0 bridgehead atoms. The minimum Gasteiger partial charge on any atom is -0.480 e. The summed E-state index contributed by atoms with van der Waals surface area (Å²) >= 11 is 9.57. The highest BCUT2D eigenvalue weighted by molar-refractivity contribution is 9.10. The first-order valence-corrected chi connectivity index (χ1v) is 12.7. The van der Waals surface area contributed by atoms with Crippen molar-refractivity contribution in [2.24, 2.45) is 0 Å². The van der Waals surface area contributed by atoms with Crippen molar-refractivity contribution in [1.82, 2.24) is 5.32 Å². The molecule has 0 aliphatic carbocycles. The highest BCUT2D eigenvalue weighted by atomic mass is 79.9. The molecule has 0 aliphatic rings. The van der Waals surface area contributed by atoms with E-state index in [2.05, 4.69) is 21.2 Å². The fraction of sp³-hybridized carbons (Fsp3) is 0.133. The molecular weight excluding hydrogens is 538 g/mol. The van der Waals surface area contributed by atoms with E-state index in [9.17, 15) is 14.7 Å². The predicted molar refractivity (Wildman–Crippen MR) is 146 cm³/mol. The Hall–Kier alpha value is -3.41. The Morgan fingerprint density at radius 2 is 1.28 bits per heavy atom. The smallest absolute Gasteiger partial charge is 0.326 e. The van der Waals surface area contributed by atoms with Crippen LogP contribution in [0.15, 0.2) is 114 Å². The summed E-state index contributed by atoms with van der Waals surface area (Å²) in [6.07, 6.45) is 0.128. The number of rotatable bonds is 9. The van der Waals surface area contributed by atoms with Crippen LogP contribution in [-0.4, -0.2) is 23.0 Å². The molecule has 4 aromatic carbocycles. The Bertz CT molecular complexity index is 1230. The largest absolute Gasteiger partial charge is 0.480 e. The van der Waals surface area contributed by atoms with Gasteiger partial charge in [-0.3, -0.25) is 4.79 Å². The van der Waals surface area contributed by atoms with Crippen LogP contribution in [0.25, 0.3) is 0 Å². The van der Waals surface area contributed by atoms with E-state index in [-0.39, 0.29) is 18.7 Å². The summed E-state index contributed by atoms with van der Waals surface area (Å²) in [6, 6.07) is 33.6. The maximum Gasteiger partial charge on any atom is 0.326 e. The van der Waals surface area contributed by atoms with Gasteiger partial charge in [0.2, 0.25) is 5.91 Å². The second-order valence-electron chi connectivity index (χ2n) is 8.58. The summed E-state index contributed by atoms with van der Waals surface area (Å²) in [5.74, 6) is -1.47. The van der Waals surface area contributed by atoms with Crippen molar-refractivity contribution in [3.8, 4) is 0 Å². The van der Waals surface area contributed by atoms with E-state index < -0.39 is 17.4 Å². The lowest BCUT2D eigenvalue weighted by molar-refractivity contribution is -0.141. The monoisotopic (exact) mass is 561 g/mol. The lowest BCUT2D eigenvalue weighted by Gasteiger charge is -2.36. The maximum absolute atomic E-state index is 13.6. The average Bonchev–Trinajstić information content (AvgIpc) is 2.90. The molecular formula is C30H25BrClNO3. The number of carbonyl (C=O) groups excluding carboxylic acids is 1. The van der Waals surface area contributed by atoms with Crippen LogP contribution in [0.3, 0.4) is 0 Å². The molecule has 0 saturated heterocycles. The van der Waals surface area contributed by atoms with Crippen LogP contribution in [0, 0.1) is 0 Å². The number of nitrogens with one attached hydrogen (secondary N) is 1. The number of hydrogen-bond donors (Lipinski definition) is 2. The van der Waals surface area contributed by atoms with Crippen molar-refractivity contribution in [3.63, 3.8) is 0 Å². The number of carbonyl (C=O) groups is 2. The predicted octanol–water partition coefficient (Wildman–Crippen LogP) is 6.64. The molecule has 182 valence electrons. The van der Waals surface area contributed by atoms with Crippen molar-refractivity contribution in [3.05, 3.63) is 141 Å². The Morgan fingerprint density at radius 3 is 1.72 bits per heavy atom. The molecule has 1 amide bonds. The molecule has 4 aromatic rings. The average molecular weight is 563 g/mol. The maximum atomic E-state index is 13.6. The number of benzene rings is 4. The van der Waals surface area contributed by atoms with Gasteiger partial charge in [-0.1, -0.05) is 119 Å². The number of aliphatic carboxylic acids is 1. The quantitative estimate of drug-likeness (QED) is 0.225. The van der Waals surface area contributed by atoms with Crippen molar-refractivity contribution < 1.29 is 14.7 Å². The molecule has 0 spiro atoms. The SMILES string of the molecule is O=C(CC(c1ccccc1)(c1ccccc1)c1ccccc1)N[C@H](Cc1cc(Cl)ccc1Br)C(=O)O. The lowest BCUT2D eigenvalue weighted by Crippen LogP contribution is -2.45. The summed E-state index contributed by atoms with van der Waals surface area (Å²) in [7, 11) is 0. The molecule has 4 nitrogen and oxygen atoms in total. The van der Waals surface area contributed by atoms with E-state index in [1.54, 1.807) is 18.2 Å². The normalized spacial score (nSPS) is 12.1. The van der Waals surface area contributed by atoms with Gasteiger partial charge in [0.1, 0.15) is 6.04 Å². The molecule has 6 heteroatoms. The van der Waals surface area contributed by atoms with E-state index in [4.69, 9.17) is 11.6 Å².